The third-order valence-corrected chi connectivity index (χ3v) is 5.00. The van der Waals surface area contributed by atoms with E-state index in [-0.39, 0.29) is 36.5 Å². The van der Waals surface area contributed by atoms with Crippen molar-refractivity contribution in [2.75, 3.05) is 13.6 Å². The van der Waals surface area contributed by atoms with Gasteiger partial charge in [-0.2, -0.15) is 0 Å². The molecule has 27 heavy (non-hydrogen) atoms. The van der Waals surface area contributed by atoms with Crippen LogP contribution in [0.5, 0.6) is 0 Å². The Bertz CT molecular complexity index is 662. The molecule has 0 spiro atoms. The zero-order valence-corrected chi connectivity index (χ0v) is 15.6. The zero-order chi connectivity index (χ0) is 19.8. The summed E-state index contributed by atoms with van der Waals surface area (Å²) < 4.78 is 13.2. The molecule has 148 valence electrons. The van der Waals surface area contributed by atoms with E-state index in [1.54, 1.807) is 24.1 Å². The van der Waals surface area contributed by atoms with E-state index in [0.29, 0.717) is 13.0 Å². The Morgan fingerprint density at radius 3 is 2.44 bits per heavy atom. The molecule has 1 aliphatic heterocycles. The maximum absolute atomic E-state index is 13.2. The van der Waals surface area contributed by atoms with E-state index < -0.39 is 11.9 Å². The van der Waals surface area contributed by atoms with Gasteiger partial charge in [0, 0.05) is 26.4 Å². The first-order valence-electron chi connectivity index (χ1n) is 9.40. The molecular formula is C20H27FN2O4. The topological polar surface area (TPSA) is 86.7 Å². The summed E-state index contributed by atoms with van der Waals surface area (Å²) in [5.74, 6) is -1.86. The molecular weight excluding hydrogens is 351 g/mol. The summed E-state index contributed by atoms with van der Waals surface area (Å²) in [6, 6.07) is 5.53. The molecule has 1 fully saturated rings. The Kier molecular flexibility index (Phi) is 7.76. The number of carboxylic acids is 1. The fraction of sp³-hybridized carbons (Fsp3) is 0.550. The van der Waals surface area contributed by atoms with Gasteiger partial charge in [0.1, 0.15) is 5.82 Å². The van der Waals surface area contributed by atoms with Gasteiger partial charge in [-0.3, -0.25) is 14.4 Å². The van der Waals surface area contributed by atoms with Gasteiger partial charge in [0.15, 0.2) is 0 Å². The predicted octanol–water partition coefficient (Wildman–Crippen LogP) is 2.89. The molecule has 0 aliphatic carbocycles. The molecule has 2 rings (SSSR count). The minimum absolute atomic E-state index is 0.0945. The van der Waals surface area contributed by atoms with E-state index in [4.69, 9.17) is 5.11 Å². The number of hydrogen-bond acceptors (Lipinski definition) is 3. The molecule has 0 bridgehead atoms. The molecule has 2 atom stereocenters. The summed E-state index contributed by atoms with van der Waals surface area (Å²) in [5, 5.41) is 11.5. The molecule has 1 aliphatic rings. The van der Waals surface area contributed by atoms with Crippen molar-refractivity contribution >= 4 is 17.8 Å². The number of likely N-dealkylation sites (tertiary alicyclic amines) is 1. The Morgan fingerprint density at radius 1 is 1.15 bits per heavy atom. The molecule has 1 heterocycles. The third kappa shape index (κ3) is 6.05. The third-order valence-electron chi connectivity index (χ3n) is 5.00. The van der Waals surface area contributed by atoms with Crippen LogP contribution in [0.15, 0.2) is 24.3 Å². The molecule has 2 unspecified atom stereocenters. The standard InChI is InChI=1S/C20H27FN2O4/c1-23-17(24)13-16(19(23)14-8-10-15(21)11-9-14)20(27)22-12-6-4-2-3-5-7-18(25)26/h8-11,16,19H,2-7,12-13H2,1H3,(H,22,27)(H,25,26). The van der Waals surface area contributed by atoms with Gasteiger partial charge in [0.25, 0.3) is 0 Å². The van der Waals surface area contributed by atoms with Crippen molar-refractivity contribution in [3.63, 3.8) is 0 Å². The Labute approximate surface area is 158 Å². The lowest BCUT2D eigenvalue weighted by atomic mass is 9.93. The molecule has 0 radical (unpaired) electrons. The summed E-state index contributed by atoms with van der Waals surface area (Å²) in [6.07, 6.45) is 4.57. The minimum Gasteiger partial charge on any atom is -0.481 e. The Morgan fingerprint density at radius 2 is 1.78 bits per heavy atom. The maximum atomic E-state index is 13.2. The molecule has 2 amide bonds. The van der Waals surface area contributed by atoms with Crippen LogP contribution in [0.4, 0.5) is 4.39 Å². The summed E-state index contributed by atoms with van der Waals surface area (Å²) in [7, 11) is 1.67. The van der Waals surface area contributed by atoms with Crippen molar-refractivity contribution in [3.8, 4) is 0 Å². The van der Waals surface area contributed by atoms with E-state index in [9.17, 15) is 18.8 Å². The molecule has 1 aromatic carbocycles. The first-order valence-corrected chi connectivity index (χ1v) is 9.40. The molecule has 7 heteroatoms. The first kappa shape index (κ1) is 20.9. The fourth-order valence-electron chi connectivity index (χ4n) is 3.49. The molecule has 1 saturated heterocycles. The number of nitrogens with zero attached hydrogens (tertiary/aromatic N) is 1. The normalized spacial score (nSPS) is 19.3. The molecule has 6 nitrogen and oxygen atoms in total. The largest absolute Gasteiger partial charge is 0.481 e. The second kappa shape index (κ2) is 10.0. The highest BCUT2D eigenvalue weighted by Gasteiger charge is 2.42. The number of carbonyl (C=O) groups is 3. The maximum Gasteiger partial charge on any atom is 0.303 e. The lowest BCUT2D eigenvalue weighted by Gasteiger charge is -2.25. The Balaban J connectivity index is 1.79. The number of hydrogen-bond donors (Lipinski definition) is 2. The van der Waals surface area contributed by atoms with Crippen LogP contribution in [-0.2, 0) is 14.4 Å². The van der Waals surface area contributed by atoms with Crippen LogP contribution < -0.4 is 5.32 Å². The lowest BCUT2D eigenvalue weighted by Crippen LogP contribution is -2.35. The van der Waals surface area contributed by atoms with E-state index in [1.807, 2.05) is 0 Å². The SMILES string of the molecule is CN1C(=O)CC(C(=O)NCCCCCCCC(=O)O)C1c1ccc(F)cc1. The smallest absolute Gasteiger partial charge is 0.303 e. The van der Waals surface area contributed by atoms with Gasteiger partial charge < -0.3 is 15.3 Å². The fourth-order valence-corrected chi connectivity index (χ4v) is 3.49. The van der Waals surface area contributed by atoms with Crippen molar-refractivity contribution in [2.24, 2.45) is 5.92 Å². The number of carboxylic acid groups (broad SMARTS) is 1. The molecule has 2 N–H and O–H groups in total. The van der Waals surface area contributed by atoms with Crippen molar-refractivity contribution in [1.29, 1.82) is 0 Å². The first-order chi connectivity index (χ1) is 12.9. The minimum atomic E-state index is -0.769. The van der Waals surface area contributed by atoms with Crippen LogP contribution in [0.2, 0.25) is 0 Å². The van der Waals surface area contributed by atoms with E-state index >= 15 is 0 Å². The van der Waals surface area contributed by atoms with Gasteiger partial charge >= 0.3 is 5.97 Å². The average molecular weight is 378 g/mol. The highest BCUT2D eigenvalue weighted by Crippen LogP contribution is 2.37. The van der Waals surface area contributed by atoms with Crippen LogP contribution in [-0.4, -0.2) is 41.4 Å². The van der Waals surface area contributed by atoms with Crippen LogP contribution in [0.25, 0.3) is 0 Å². The highest BCUT2D eigenvalue weighted by molar-refractivity contribution is 5.90. The average Bonchev–Trinajstić information content (AvgIpc) is 2.93. The number of aliphatic carboxylic acids is 1. The number of nitrogens with one attached hydrogen (secondary N) is 1. The summed E-state index contributed by atoms with van der Waals surface area (Å²) in [6.45, 7) is 0.530. The second-order valence-corrected chi connectivity index (χ2v) is 7.01. The summed E-state index contributed by atoms with van der Waals surface area (Å²) in [5.41, 5.74) is 0.753. The van der Waals surface area contributed by atoms with Gasteiger partial charge in [-0.1, -0.05) is 31.4 Å². The van der Waals surface area contributed by atoms with Crippen molar-refractivity contribution in [1.82, 2.24) is 10.2 Å². The number of rotatable bonds is 10. The molecule has 0 saturated carbocycles. The van der Waals surface area contributed by atoms with E-state index in [0.717, 1.165) is 31.2 Å². The van der Waals surface area contributed by atoms with Gasteiger partial charge in [-0.05, 0) is 30.5 Å². The van der Waals surface area contributed by atoms with E-state index in [1.165, 1.54) is 12.1 Å². The Hall–Kier alpha value is -2.44. The number of unbranched alkanes of at least 4 members (excludes halogenated alkanes) is 4. The lowest BCUT2D eigenvalue weighted by molar-refractivity contribution is -0.137. The predicted molar refractivity (Wildman–Crippen MR) is 98.4 cm³/mol. The monoisotopic (exact) mass is 378 g/mol. The number of halogens is 1. The van der Waals surface area contributed by atoms with Crippen LogP contribution in [0.1, 0.15) is 56.6 Å². The molecule has 1 aromatic rings. The quantitative estimate of drug-likeness (QED) is 0.613. The second-order valence-electron chi connectivity index (χ2n) is 7.01. The van der Waals surface area contributed by atoms with Crippen LogP contribution in [0, 0.1) is 11.7 Å². The van der Waals surface area contributed by atoms with Gasteiger partial charge in [-0.25, -0.2) is 4.39 Å². The zero-order valence-electron chi connectivity index (χ0n) is 15.6. The van der Waals surface area contributed by atoms with Gasteiger partial charge in [0.05, 0.1) is 12.0 Å². The number of benzene rings is 1. The van der Waals surface area contributed by atoms with Crippen molar-refractivity contribution in [3.05, 3.63) is 35.6 Å². The molecule has 0 aromatic heterocycles. The van der Waals surface area contributed by atoms with Gasteiger partial charge in [-0.15, -0.1) is 0 Å². The van der Waals surface area contributed by atoms with Gasteiger partial charge in [0.2, 0.25) is 11.8 Å². The van der Waals surface area contributed by atoms with Crippen molar-refractivity contribution in [2.45, 2.75) is 51.0 Å². The number of amides is 2. The highest BCUT2D eigenvalue weighted by atomic mass is 19.1. The van der Waals surface area contributed by atoms with Crippen LogP contribution >= 0.6 is 0 Å². The van der Waals surface area contributed by atoms with Crippen molar-refractivity contribution < 1.29 is 23.9 Å². The number of carbonyl (C=O) groups excluding carboxylic acids is 2. The summed E-state index contributed by atoms with van der Waals surface area (Å²) in [4.78, 5) is 36.7. The van der Waals surface area contributed by atoms with Crippen LogP contribution in [0.3, 0.4) is 0 Å². The summed E-state index contributed by atoms with van der Waals surface area (Å²) >= 11 is 0. The van der Waals surface area contributed by atoms with E-state index in [2.05, 4.69) is 5.32 Å².